The van der Waals surface area contributed by atoms with Crippen molar-refractivity contribution >= 4 is 44.1 Å². The maximum atomic E-state index is 4.66. The molecular weight excluding hydrogens is 809 g/mol. The Morgan fingerprint density at radius 1 is 0.460 bits per heavy atom. The number of pyridine rings is 4. The molecule has 0 amide bonds. The molecule has 0 fully saturated rings. The molecule has 0 spiro atoms. The van der Waals surface area contributed by atoms with Crippen molar-refractivity contribution in [3.8, 4) is 33.8 Å². The van der Waals surface area contributed by atoms with Crippen molar-refractivity contribution < 1.29 is 20.1 Å². The Labute approximate surface area is 308 Å². The Morgan fingerprint density at radius 3 is 1.80 bits per heavy atom. The van der Waals surface area contributed by atoms with Gasteiger partial charge in [-0.25, -0.2) is 0 Å². The van der Waals surface area contributed by atoms with Crippen LogP contribution in [0.3, 0.4) is 0 Å². The van der Waals surface area contributed by atoms with E-state index in [0.717, 1.165) is 38.8 Å². The quantitative estimate of drug-likeness (QED) is 0.128. The minimum absolute atomic E-state index is 0. The van der Waals surface area contributed by atoms with Gasteiger partial charge in [-0.3, -0.25) is 0 Å². The van der Waals surface area contributed by atoms with Gasteiger partial charge in [0.1, 0.15) is 0 Å². The van der Waals surface area contributed by atoms with Gasteiger partial charge in [0.2, 0.25) is 0 Å². The third kappa shape index (κ3) is 6.83. The van der Waals surface area contributed by atoms with Crippen LogP contribution in [0.4, 0.5) is 0 Å². The molecule has 5 heterocycles. The molecule has 10 rings (SSSR count). The number of aromatic nitrogens is 4. The average molecular weight is 836 g/mol. The molecule has 6 heteroatoms. The maximum Gasteiger partial charge on any atom is 3.00 e. The van der Waals surface area contributed by atoms with Gasteiger partial charge in [0.25, 0.3) is 0 Å². The smallest absolute Gasteiger partial charge is 0.345 e. The van der Waals surface area contributed by atoms with Crippen LogP contribution in [0.2, 0.25) is 0 Å². The summed E-state index contributed by atoms with van der Waals surface area (Å²) in [7, 11) is 0. The van der Waals surface area contributed by atoms with Crippen molar-refractivity contribution in [3.05, 3.63) is 183 Å². The fraction of sp³-hybridized carbons (Fsp3) is 0. The summed E-state index contributed by atoms with van der Waals surface area (Å²) >= 11 is 1.72. The summed E-state index contributed by atoms with van der Waals surface area (Å²) in [6, 6.07) is 56.2. The number of rotatable bonds is 2. The first kappa shape index (κ1) is 33.0. The minimum Gasteiger partial charge on any atom is -0.345 e. The zero-order chi connectivity index (χ0) is 32.8. The zero-order valence-electron chi connectivity index (χ0n) is 26.6. The van der Waals surface area contributed by atoms with Crippen LogP contribution in [0.25, 0.3) is 66.1 Å². The van der Waals surface area contributed by atoms with Crippen molar-refractivity contribution in [2.75, 3.05) is 0 Å². The van der Waals surface area contributed by atoms with Crippen LogP contribution in [-0.2, 0) is 20.1 Å². The number of nitrogens with zero attached hydrogens (tertiary/aromatic N) is 4. The summed E-state index contributed by atoms with van der Waals surface area (Å²) in [4.78, 5) is 18.9. The molecule has 0 aliphatic carbocycles. The molecule has 0 radical (unpaired) electrons. The van der Waals surface area contributed by atoms with Crippen LogP contribution in [0.5, 0.6) is 0 Å². The largest absolute Gasteiger partial charge is 3.00 e. The Bertz CT molecular complexity index is 2360. The summed E-state index contributed by atoms with van der Waals surface area (Å²) in [5.41, 5.74) is 6.02. The predicted molar refractivity (Wildman–Crippen MR) is 200 cm³/mol. The van der Waals surface area contributed by atoms with E-state index in [1.54, 1.807) is 30.4 Å². The monoisotopic (exact) mass is 836 g/mol. The van der Waals surface area contributed by atoms with E-state index in [0.29, 0.717) is 0 Å². The van der Waals surface area contributed by atoms with E-state index in [2.05, 4.69) is 86.7 Å². The summed E-state index contributed by atoms with van der Waals surface area (Å²) in [5.74, 6) is 0. The topological polar surface area (TPSA) is 51.6 Å². The van der Waals surface area contributed by atoms with Gasteiger partial charge < -0.3 is 19.9 Å². The predicted octanol–water partition coefficient (Wildman–Crippen LogP) is 11.0. The molecular formula is C44H27IrN4S. The number of hydrogen-bond donors (Lipinski definition) is 0. The summed E-state index contributed by atoms with van der Waals surface area (Å²) in [6.07, 6.45) is 7.27. The van der Waals surface area contributed by atoms with E-state index in [1.165, 1.54) is 37.2 Å². The molecule has 50 heavy (non-hydrogen) atoms. The Balaban J connectivity index is 0.000000132. The fourth-order valence-electron chi connectivity index (χ4n) is 5.95. The van der Waals surface area contributed by atoms with Crippen LogP contribution in [0.15, 0.2) is 174 Å². The normalized spacial score (nSPS) is 11.0. The van der Waals surface area contributed by atoms with Gasteiger partial charge in [-0.15, -0.1) is 95.7 Å². The maximum absolute atomic E-state index is 4.66. The average Bonchev–Trinajstić information content (AvgIpc) is 3.20. The van der Waals surface area contributed by atoms with Crippen LogP contribution in [0, 0.1) is 18.2 Å². The number of fused-ring (bicyclic) bond motifs is 6. The molecule has 0 saturated carbocycles. The second-order valence-corrected chi connectivity index (χ2v) is 12.2. The Morgan fingerprint density at radius 2 is 1.14 bits per heavy atom. The molecule has 0 saturated heterocycles. The van der Waals surface area contributed by atoms with E-state index >= 15 is 0 Å². The first-order valence-electron chi connectivity index (χ1n) is 15.9. The molecule has 1 aliphatic heterocycles. The molecule has 5 aromatic carbocycles. The molecule has 9 aromatic rings. The molecule has 4 aromatic heterocycles. The third-order valence-corrected chi connectivity index (χ3v) is 9.23. The molecule has 238 valence electrons. The molecule has 0 unspecified atom stereocenters. The molecule has 0 N–H and O–H groups in total. The van der Waals surface area contributed by atoms with Gasteiger partial charge in [-0.2, -0.15) is 0 Å². The fourth-order valence-corrected chi connectivity index (χ4v) is 7.01. The van der Waals surface area contributed by atoms with Crippen LogP contribution in [0.1, 0.15) is 0 Å². The van der Waals surface area contributed by atoms with E-state index < -0.39 is 0 Å². The van der Waals surface area contributed by atoms with Crippen molar-refractivity contribution in [2.45, 2.75) is 9.92 Å². The number of benzene rings is 5. The van der Waals surface area contributed by atoms with Crippen molar-refractivity contribution in [2.24, 2.45) is 0 Å². The summed E-state index contributed by atoms with van der Waals surface area (Å²) in [6.45, 7) is 0. The van der Waals surface area contributed by atoms with Gasteiger partial charge in [0.15, 0.2) is 0 Å². The van der Waals surface area contributed by atoms with Crippen molar-refractivity contribution in [3.63, 3.8) is 0 Å². The van der Waals surface area contributed by atoms with Crippen molar-refractivity contribution in [1.29, 1.82) is 0 Å². The van der Waals surface area contributed by atoms with Crippen LogP contribution < -0.4 is 0 Å². The Hall–Kier alpha value is -5.52. The Kier molecular flexibility index (Phi) is 10.1. The molecule has 4 nitrogen and oxygen atoms in total. The van der Waals surface area contributed by atoms with E-state index in [4.69, 9.17) is 0 Å². The third-order valence-electron chi connectivity index (χ3n) is 8.18. The molecule has 0 atom stereocenters. The minimum atomic E-state index is 0. The molecule has 1 aliphatic rings. The van der Waals surface area contributed by atoms with E-state index in [9.17, 15) is 0 Å². The van der Waals surface area contributed by atoms with Crippen LogP contribution in [-0.4, -0.2) is 19.9 Å². The van der Waals surface area contributed by atoms with E-state index in [-0.39, 0.29) is 20.1 Å². The second kappa shape index (κ2) is 15.4. The van der Waals surface area contributed by atoms with Gasteiger partial charge >= 0.3 is 20.1 Å². The van der Waals surface area contributed by atoms with Gasteiger partial charge in [0, 0.05) is 28.5 Å². The van der Waals surface area contributed by atoms with Crippen LogP contribution >= 0.6 is 11.8 Å². The first-order valence-corrected chi connectivity index (χ1v) is 16.7. The second-order valence-electron chi connectivity index (χ2n) is 11.2. The SMILES string of the molecule is [Ir+3].[c-]1ccccc1-c1ccccn1.[c-]1ccccc1-c1ccccn1.[c-]1ccnc2c1-c1nccc3c1c(cc1c4ccccc4ccc31)S2. The first-order chi connectivity index (χ1) is 24.3. The zero-order valence-corrected chi connectivity index (χ0v) is 29.8. The van der Waals surface area contributed by atoms with Crippen molar-refractivity contribution in [1.82, 2.24) is 19.9 Å². The molecule has 0 bridgehead atoms. The standard InChI is InChI=1S/C22H11N2S.2C11H8N.Ir/c1-2-5-14-13(4-1)7-8-15-16-9-11-23-21-17-6-3-10-24-22(17)25-19(20(16)21)12-18(14)15;2*1-2-6-10(7-3-1)11-8-4-5-9-12-11;/h1-5,7-12H;2*1-6,8-9H;/q3*-1;+3. The van der Waals surface area contributed by atoms with Gasteiger partial charge in [-0.05, 0) is 73.7 Å². The van der Waals surface area contributed by atoms with E-state index in [1.807, 2.05) is 97.2 Å². The van der Waals surface area contributed by atoms with Gasteiger partial charge in [0.05, 0.1) is 0 Å². The summed E-state index contributed by atoms with van der Waals surface area (Å²) < 4.78 is 0. The van der Waals surface area contributed by atoms with Gasteiger partial charge in [-0.1, -0.05) is 72.4 Å². The number of hydrogen-bond acceptors (Lipinski definition) is 5. The summed E-state index contributed by atoms with van der Waals surface area (Å²) in [5, 5.41) is 8.56.